The Morgan fingerprint density at radius 3 is 2.52 bits per heavy atom. The lowest BCUT2D eigenvalue weighted by molar-refractivity contribution is -0.285. The largest absolute Gasteiger partial charge is 0.497 e. The van der Waals surface area contributed by atoms with Gasteiger partial charge in [0.25, 0.3) is 0 Å². The summed E-state index contributed by atoms with van der Waals surface area (Å²) in [5, 5.41) is 9.18. The van der Waals surface area contributed by atoms with E-state index in [1.807, 2.05) is 37.3 Å². The molecule has 138 valence electrons. The van der Waals surface area contributed by atoms with Gasteiger partial charge in [-0.05, 0) is 31.9 Å². The Morgan fingerprint density at radius 2 is 1.96 bits per heavy atom. The Hall–Kier alpha value is -1.62. The van der Waals surface area contributed by atoms with Gasteiger partial charge in [-0.25, -0.2) is 0 Å². The molecule has 0 radical (unpaired) electrons. The van der Waals surface area contributed by atoms with Crippen LogP contribution in [-0.4, -0.2) is 31.0 Å². The number of ether oxygens (including phenoxy) is 3. The molecule has 4 nitrogen and oxygen atoms in total. The van der Waals surface area contributed by atoms with Gasteiger partial charge in [0.2, 0.25) is 0 Å². The second-order valence-corrected chi connectivity index (χ2v) is 7.12. The first-order valence-corrected chi connectivity index (χ1v) is 8.76. The van der Waals surface area contributed by atoms with E-state index in [0.717, 1.165) is 23.3 Å². The molecule has 2 rings (SSSR count). The number of hydrogen-bond donors (Lipinski definition) is 1. The molecule has 0 aromatic heterocycles. The van der Waals surface area contributed by atoms with Crippen LogP contribution in [0.15, 0.2) is 48.6 Å². The van der Waals surface area contributed by atoms with Crippen molar-refractivity contribution in [1.29, 1.82) is 0 Å². The minimum Gasteiger partial charge on any atom is -0.497 e. The maximum Gasteiger partial charge on any atom is 0.184 e. The summed E-state index contributed by atoms with van der Waals surface area (Å²) in [6.07, 6.45) is 4.86. The molecule has 2 unspecified atom stereocenters. The van der Waals surface area contributed by atoms with Crippen LogP contribution in [0.2, 0.25) is 0 Å². The summed E-state index contributed by atoms with van der Waals surface area (Å²) in [4.78, 5) is 0. The Morgan fingerprint density at radius 1 is 1.28 bits per heavy atom. The molecule has 0 amide bonds. The molecule has 0 spiro atoms. The standard InChI is InChI=1S/C21H30O4/c1-6-7-18-21(3,4)19(14-15(2)12-13-22)25-20(24-18)16-8-10-17(23-5)11-9-16/h6,8-11,14,18-20,22H,1,7,12-13H2,2-5H3/b15-14+/t18-,19?,20?/m1/s1. The number of aliphatic hydroxyl groups excluding tert-OH is 1. The van der Waals surface area contributed by atoms with Gasteiger partial charge in [-0.2, -0.15) is 0 Å². The van der Waals surface area contributed by atoms with Crippen LogP contribution in [-0.2, 0) is 9.47 Å². The zero-order valence-corrected chi connectivity index (χ0v) is 15.7. The van der Waals surface area contributed by atoms with Gasteiger partial charge >= 0.3 is 0 Å². The van der Waals surface area contributed by atoms with Gasteiger partial charge in [-0.3, -0.25) is 0 Å². The third-order valence-corrected chi connectivity index (χ3v) is 4.83. The van der Waals surface area contributed by atoms with Crippen LogP contribution >= 0.6 is 0 Å². The van der Waals surface area contributed by atoms with Crippen molar-refractivity contribution < 1.29 is 19.3 Å². The minimum absolute atomic E-state index is 0.00553. The molecule has 4 heteroatoms. The third-order valence-electron chi connectivity index (χ3n) is 4.83. The van der Waals surface area contributed by atoms with Crippen molar-refractivity contribution in [3.63, 3.8) is 0 Å². The molecule has 0 saturated carbocycles. The zero-order chi connectivity index (χ0) is 18.4. The van der Waals surface area contributed by atoms with Crippen molar-refractivity contribution in [2.45, 2.75) is 52.1 Å². The SMILES string of the molecule is C=CC[C@H]1OC(c2ccc(OC)cc2)OC(/C=C(\C)CCO)C1(C)C. The van der Waals surface area contributed by atoms with E-state index in [-0.39, 0.29) is 24.2 Å². The molecule has 1 saturated heterocycles. The number of benzene rings is 1. The third kappa shape index (κ3) is 4.72. The van der Waals surface area contributed by atoms with Gasteiger partial charge in [-0.1, -0.05) is 43.7 Å². The molecular weight excluding hydrogens is 316 g/mol. The van der Waals surface area contributed by atoms with Gasteiger partial charge in [0.05, 0.1) is 19.3 Å². The maximum absolute atomic E-state index is 9.18. The maximum atomic E-state index is 9.18. The molecule has 0 bridgehead atoms. The predicted molar refractivity (Wildman–Crippen MR) is 99.5 cm³/mol. The van der Waals surface area contributed by atoms with Crippen LogP contribution in [0.3, 0.4) is 0 Å². The molecular formula is C21H30O4. The predicted octanol–water partition coefficient (Wildman–Crippen LogP) is 4.41. The van der Waals surface area contributed by atoms with Gasteiger partial charge in [-0.15, -0.1) is 6.58 Å². The minimum atomic E-state index is -0.438. The highest BCUT2D eigenvalue weighted by Crippen LogP contribution is 2.43. The van der Waals surface area contributed by atoms with E-state index < -0.39 is 6.29 Å². The summed E-state index contributed by atoms with van der Waals surface area (Å²) in [7, 11) is 1.65. The monoisotopic (exact) mass is 346 g/mol. The van der Waals surface area contributed by atoms with Crippen molar-refractivity contribution in [2.75, 3.05) is 13.7 Å². The fraction of sp³-hybridized carbons (Fsp3) is 0.524. The molecule has 1 aromatic carbocycles. The highest BCUT2D eigenvalue weighted by Gasteiger charge is 2.44. The van der Waals surface area contributed by atoms with Crippen LogP contribution in [0, 0.1) is 5.41 Å². The van der Waals surface area contributed by atoms with Gasteiger partial charge < -0.3 is 19.3 Å². The lowest BCUT2D eigenvalue weighted by Crippen LogP contribution is -2.48. The van der Waals surface area contributed by atoms with Crippen molar-refractivity contribution in [3.8, 4) is 5.75 Å². The second kappa shape index (κ2) is 8.65. The Bertz CT molecular complexity index is 588. The quantitative estimate of drug-likeness (QED) is 0.743. The summed E-state index contributed by atoms with van der Waals surface area (Å²) in [6, 6.07) is 7.75. The van der Waals surface area contributed by atoms with E-state index in [9.17, 15) is 5.11 Å². The van der Waals surface area contributed by atoms with Crippen molar-refractivity contribution in [2.24, 2.45) is 5.41 Å². The average molecular weight is 346 g/mol. The van der Waals surface area contributed by atoms with Crippen LogP contribution in [0.1, 0.15) is 45.5 Å². The van der Waals surface area contributed by atoms with Crippen molar-refractivity contribution in [1.82, 2.24) is 0 Å². The molecule has 1 N–H and O–H groups in total. The van der Waals surface area contributed by atoms with E-state index in [4.69, 9.17) is 14.2 Å². The fourth-order valence-corrected chi connectivity index (χ4v) is 3.05. The van der Waals surface area contributed by atoms with Crippen LogP contribution < -0.4 is 4.74 Å². The fourth-order valence-electron chi connectivity index (χ4n) is 3.05. The molecule has 1 aliphatic heterocycles. The normalized spacial score (nSPS) is 26.3. The summed E-state index contributed by atoms with van der Waals surface area (Å²) in [5.41, 5.74) is 1.88. The first-order chi connectivity index (χ1) is 11.9. The number of methoxy groups -OCH3 is 1. The first-order valence-electron chi connectivity index (χ1n) is 8.76. The van der Waals surface area contributed by atoms with E-state index in [1.165, 1.54) is 0 Å². The number of aliphatic hydroxyl groups is 1. The van der Waals surface area contributed by atoms with E-state index in [1.54, 1.807) is 7.11 Å². The smallest absolute Gasteiger partial charge is 0.184 e. The Kier molecular flexibility index (Phi) is 6.82. The van der Waals surface area contributed by atoms with E-state index in [0.29, 0.717) is 6.42 Å². The molecule has 1 fully saturated rings. The van der Waals surface area contributed by atoms with E-state index in [2.05, 4.69) is 26.5 Å². The summed E-state index contributed by atoms with van der Waals surface area (Å²) < 4.78 is 17.8. The first kappa shape index (κ1) is 19.7. The van der Waals surface area contributed by atoms with Crippen LogP contribution in [0.25, 0.3) is 0 Å². The highest BCUT2D eigenvalue weighted by molar-refractivity contribution is 5.28. The topological polar surface area (TPSA) is 47.9 Å². The molecule has 0 aliphatic carbocycles. The molecule has 3 atom stereocenters. The molecule has 1 aliphatic rings. The summed E-state index contributed by atoms with van der Waals surface area (Å²) in [6.45, 7) is 10.3. The zero-order valence-electron chi connectivity index (χ0n) is 15.7. The van der Waals surface area contributed by atoms with Gasteiger partial charge in [0.1, 0.15) is 5.75 Å². The lowest BCUT2D eigenvalue weighted by Gasteiger charge is -2.47. The summed E-state index contributed by atoms with van der Waals surface area (Å²) >= 11 is 0. The van der Waals surface area contributed by atoms with Crippen LogP contribution in [0.4, 0.5) is 0 Å². The van der Waals surface area contributed by atoms with Gasteiger partial charge in [0, 0.05) is 17.6 Å². The van der Waals surface area contributed by atoms with Crippen molar-refractivity contribution in [3.05, 3.63) is 54.1 Å². The Labute approximate surface area is 151 Å². The van der Waals surface area contributed by atoms with Gasteiger partial charge in [0.15, 0.2) is 6.29 Å². The second-order valence-electron chi connectivity index (χ2n) is 7.12. The lowest BCUT2D eigenvalue weighted by atomic mass is 9.77. The van der Waals surface area contributed by atoms with Crippen molar-refractivity contribution >= 4 is 0 Å². The highest BCUT2D eigenvalue weighted by atomic mass is 16.7. The summed E-state index contributed by atoms with van der Waals surface area (Å²) in [5.74, 6) is 0.803. The molecule has 1 aromatic rings. The van der Waals surface area contributed by atoms with Crippen LogP contribution in [0.5, 0.6) is 5.75 Å². The molecule has 1 heterocycles. The number of rotatable bonds is 7. The Balaban J connectivity index is 2.29. The average Bonchev–Trinajstić information content (AvgIpc) is 2.59. The number of hydrogen-bond acceptors (Lipinski definition) is 4. The van der Waals surface area contributed by atoms with E-state index >= 15 is 0 Å². The molecule has 25 heavy (non-hydrogen) atoms.